The molecule has 1 aliphatic heterocycles. The van der Waals surface area contributed by atoms with Gasteiger partial charge in [0, 0.05) is 29.6 Å². The summed E-state index contributed by atoms with van der Waals surface area (Å²) >= 11 is 6.00. The largest absolute Gasteiger partial charge is 0.301 e. The third kappa shape index (κ3) is 7.09. The van der Waals surface area contributed by atoms with Crippen LogP contribution in [-0.4, -0.2) is 30.6 Å². The molecule has 3 rings (SSSR count). The number of halogens is 3. The van der Waals surface area contributed by atoms with Gasteiger partial charge in [0.25, 0.3) is 0 Å². The Morgan fingerprint density at radius 3 is 2.68 bits per heavy atom. The fourth-order valence-electron chi connectivity index (χ4n) is 5.98. The van der Waals surface area contributed by atoms with Gasteiger partial charge in [0.05, 0.1) is 6.04 Å². The zero-order valence-corrected chi connectivity index (χ0v) is 23.3. The van der Waals surface area contributed by atoms with E-state index in [0.717, 1.165) is 18.6 Å². The van der Waals surface area contributed by atoms with E-state index in [1.165, 1.54) is 10.4 Å². The molecular formula is C28H37ClF2N2O3S. The molecule has 5 nitrogen and oxygen atoms in total. The quantitative estimate of drug-likeness (QED) is 0.344. The normalized spacial score (nSPS) is 28.1. The van der Waals surface area contributed by atoms with E-state index in [4.69, 9.17) is 11.6 Å². The van der Waals surface area contributed by atoms with Gasteiger partial charge < -0.3 is 0 Å². The molecule has 0 amide bonds. The number of carbonyl (C=O) groups excluding carboxylic acids is 1. The summed E-state index contributed by atoms with van der Waals surface area (Å²) < 4.78 is 59.7. The highest BCUT2D eigenvalue weighted by Gasteiger charge is 2.48. The van der Waals surface area contributed by atoms with E-state index in [2.05, 4.69) is 11.3 Å². The number of fused-ring (bicyclic) bond motifs is 1. The second-order valence-corrected chi connectivity index (χ2v) is 12.2. The topological polar surface area (TPSA) is 66.5 Å². The van der Waals surface area contributed by atoms with Crippen LogP contribution in [0.25, 0.3) is 0 Å². The molecule has 1 heterocycles. The molecule has 1 aromatic rings. The van der Waals surface area contributed by atoms with E-state index in [1.807, 2.05) is 6.92 Å². The van der Waals surface area contributed by atoms with Crippen LogP contribution in [-0.2, 0) is 15.0 Å². The Hall–Kier alpha value is -2.03. The smallest absolute Gasteiger partial charge is 0.299 e. The molecule has 0 aromatic heterocycles. The molecule has 0 radical (unpaired) electrons. The number of Topliss-reactive ketones (excluding diaryl/α,β-unsaturated/α-hetero) is 1. The van der Waals surface area contributed by atoms with Crippen LogP contribution in [0.2, 0.25) is 0 Å². The lowest BCUT2D eigenvalue weighted by Gasteiger charge is -2.46. The Labute approximate surface area is 224 Å². The van der Waals surface area contributed by atoms with Crippen LogP contribution < -0.4 is 4.72 Å². The van der Waals surface area contributed by atoms with Crippen molar-refractivity contribution >= 4 is 27.6 Å². The summed E-state index contributed by atoms with van der Waals surface area (Å²) in [5, 5.41) is 0.529. The lowest BCUT2D eigenvalue weighted by Crippen LogP contribution is -2.61. The standard InChI is InChI=1S/C28H37ClF2N2O3S/c1-5-8-28-25-16-19(15-22(34)10-7-9-20(29)6-2)23(24-17-21(30)11-13-26(24)31)12-14-27(25)32-37(35,36)33(28)18(3)4/h6-7,9,11,13,17,19,23,25,27-28,32H,3,5,8,10,12,14-16H2,1-2,4H3/b9-7-,20-6+/t19?,23?,25-,27+,28-/m1/s1. The van der Waals surface area contributed by atoms with Gasteiger partial charge in [-0.3, -0.25) is 9.10 Å². The molecule has 1 N–H and O–H groups in total. The molecule has 37 heavy (non-hydrogen) atoms. The Bertz CT molecular complexity index is 1170. The first kappa shape index (κ1) is 29.5. The molecule has 9 heteroatoms. The second kappa shape index (κ2) is 12.7. The lowest BCUT2D eigenvalue weighted by atomic mass is 9.76. The zero-order chi connectivity index (χ0) is 27.3. The van der Waals surface area contributed by atoms with E-state index >= 15 is 0 Å². The number of benzene rings is 1. The first-order valence-corrected chi connectivity index (χ1v) is 14.7. The summed E-state index contributed by atoms with van der Waals surface area (Å²) in [6.45, 7) is 9.39. The maximum absolute atomic E-state index is 15.0. The van der Waals surface area contributed by atoms with Gasteiger partial charge in [-0.25, -0.2) is 8.78 Å². The molecule has 0 spiro atoms. The Morgan fingerprint density at radius 2 is 2.03 bits per heavy atom. The Balaban J connectivity index is 2.00. The third-order valence-corrected chi connectivity index (χ3v) is 9.56. The summed E-state index contributed by atoms with van der Waals surface area (Å²) in [5.41, 5.74) is 0.676. The number of carbonyl (C=O) groups is 1. The van der Waals surface area contributed by atoms with Crippen molar-refractivity contribution in [2.24, 2.45) is 11.8 Å². The van der Waals surface area contributed by atoms with Crippen LogP contribution in [0.3, 0.4) is 0 Å². The van der Waals surface area contributed by atoms with E-state index in [-0.39, 0.29) is 48.1 Å². The predicted molar refractivity (Wildman–Crippen MR) is 144 cm³/mol. The molecule has 2 unspecified atom stereocenters. The van der Waals surface area contributed by atoms with Crippen LogP contribution in [0.15, 0.2) is 53.7 Å². The molecule has 1 saturated heterocycles. The molecule has 2 fully saturated rings. The predicted octanol–water partition coefficient (Wildman–Crippen LogP) is 6.73. The van der Waals surface area contributed by atoms with Crippen LogP contribution >= 0.6 is 11.6 Å². The Kier molecular flexibility index (Phi) is 10.1. The maximum Gasteiger partial charge on any atom is 0.301 e. The number of nitrogens with zero attached hydrogens (tertiary/aromatic N) is 1. The van der Waals surface area contributed by atoms with Gasteiger partial charge >= 0.3 is 10.2 Å². The molecule has 204 valence electrons. The van der Waals surface area contributed by atoms with E-state index in [0.29, 0.717) is 36.4 Å². The summed E-state index contributed by atoms with van der Waals surface area (Å²) in [6, 6.07) is 2.74. The lowest BCUT2D eigenvalue weighted by molar-refractivity contribution is -0.119. The van der Waals surface area contributed by atoms with Crippen molar-refractivity contribution < 1.29 is 22.0 Å². The van der Waals surface area contributed by atoms with Gasteiger partial charge in [-0.2, -0.15) is 13.1 Å². The highest BCUT2D eigenvalue weighted by atomic mass is 35.5. The maximum atomic E-state index is 15.0. The third-order valence-electron chi connectivity index (χ3n) is 7.51. The van der Waals surface area contributed by atoms with Crippen molar-refractivity contribution in [3.05, 3.63) is 70.9 Å². The van der Waals surface area contributed by atoms with Gasteiger partial charge in [-0.05, 0) is 87.1 Å². The van der Waals surface area contributed by atoms with Gasteiger partial charge in [-0.1, -0.05) is 43.7 Å². The molecular weight excluding hydrogens is 518 g/mol. The number of rotatable bonds is 9. The van der Waals surface area contributed by atoms with Crippen LogP contribution in [0, 0.1) is 23.5 Å². The summed E-state index contributed by atoms with van der Waals surface area (Å²) in [5.74, 6) is -1.88. The number of allylic oxidation sites excluding steroid dienone is 5. The summed E-state index contributed by atoms with van der Waals surface area (Å²) in [7, 11) is -3.79. The first-order valence-electron chi connectivity index (χ1n) is 12.9. The number of hydrogen-bond donors (Lipinski definition) is 1. The minimum absolute atomic E-state index is 0.0257. The van der Waals surface area contributed by atoms with Crippen LogP contribution in [0.4, 0.5) is 8.78 Å². The van der Waals surface area contributed by atoms with Crippen molar-refractivity contribution in [3.8, 4) is 0 Å². The van der Waals surface area contributed by atoms with E-state index in [9.17, 15) is 22.0 Å². The number of hydrogen-bond acceptors (Lipinski definition) is 3. The molecule has 5 atom stereocenters. The van der Waals surface area contributed by atoms with Gasteiger partial charge in [0.2, 0.25) is 0 Å². The van der Waals surface area contributed by atoms with E-state index < -0.39 is 27.8 Å². The first-order chi connectivity index (χ1) is 17.5. The summed E-state index contributed by atoms with van der Waals surface area (Å²) in [4.78, 5) is 13.0. The molecule has 1 aliphatic carbocycles. The fraction of sp³-hybridized carbons (Fsp3) is 0.536. The van der Waals surface area contributed by atoms with Crippen molar-refractivity contribution in [2.75, 3.05) is 0 Å². The van der Waals surface area contributed by atoms with Crippen LogP contribution in [0.5, 0.6) is 0 Å². The highest BCUT2D eigenvalue weighted by Crippen LogP contribution is 2.46. The number of ketones is 1. The minimum atomic E-state index is -3.79. The van der Waals surface area contributed by atoms with Crippen molar-refractivity contribution in [3.63, 3.8) is 0 Å². The van der Waals surface area contributed by atoms with Gasteiger partial charge in [-0.15, -0.1) is 0 Å². The minimum Gasteiger partial charge on any atom is -0.299 e. The van der Waals surface area contributed by atoms with Crippen molar-refractivity contribution in [2.45, 2.75) is 83.7 Å². The van der Waals surface area contributed by atoms with E-state index in [1.54, 1.807) is 32.1 Å². The average molecular weight is 555 g/mol. The highest BCUT2D eigenvalue weighted by molar-refractivity contribution is 7.87. The van der Waals surface area contributed by atoms with Gasteiger partial charge in [0.15, 0.2) is 0 Å². The fourth-order valence-corrected chi connectivity index (χ4v) is 7.89. The molecule has 1 saturated carbocycles. The number of nitrogens with one attached hydrogen (secondary N) is 1. The van der Waals surface area contributed by atoms with Crippen molar-refractivity contribution in [1.29, 1.82) is 0 Å². The zero-order valence-electron chi connectivity index (χ0n) is 21.7. The summed E-state index contributed by atoms with van der Waals surface area (Å²) in [6.07, 6.45) is 8.29. The van der Waals surface area contributed by atoms with Crippen LogP contribution in [0.1, 0.15) is 77.2 Å². The molecule has 0 bridgehead atoms. The average Bonchev–Trinajstić information content (AvgIpc) is 2.98. The monoisotopic (exact) mass is 554 g/mol. The molecule has 2 aliphatic rings. The van der Waals surface area contributed by atoms with Crippen molar-refractivity contribution in [1.82, 2.24) is 9.03 Å². The second-order valence-electron chi connectivity index (χ2n) is 10.1. The molecule has 1 aromatic carbocycles. The van der Waals surface area contributed by atoms with Gasteiger partial charge in [0.1, 0.15) is 17.4 Å². The SMILES string of the molecule is C=C(C)N1[C@H](CCC)[C@@H]2CC(CC(=O)C/C=C\C(Cl)=C/C)C(c3cc(F)ccc3F)CC[C@@H]2NS1(=O)=O. The Morgan fingerprint density at radius 1 is 1.30 bits per heavy atom.